The van der Waals surface area contributed by atoms with Crippen molar-refractivity contribution in [1.29, 1.82) is 0 Å². The van der Waals surface area contributed by atoms with Crippen molar-refractivity contribution in [2.45, 2.75) is 32.4 Å². The molecule has 0 saturated carbocycles. The van der Waals surface area contributed by atoms with Gasteiger partial charge in [-0.2, -0.15) is 0 Å². The van der Waals surface area contributed by atoms with Gasteiger partial charge in [0.2, 0.25) is 0 Å². The minimum absolute atomic E-state index is 0.539. The fraction of sp³-hybridized carbons (Fsp3) is 0.643. The Kier molecular flexibility index (Phi) is 3.12. The Bertz CT molecular complexity index is 421. The van der Waals surface area contributed by atoms with Crippen molar-refractivity contribution in [2.24, 2.45) is 0 Å². The number of nitrogens with zero attached hydrogens (tertiary/aromatic N) is 3. The third-order valence-corrected chi connectivity index (χ3v) is 3.98. The Hall–Kier alpha value is -1.29. The SMILES string of the molecule is CC(C)N1CCN2c3ncccc3OCCC2C1. The van der Waals surface area contributed by atoms with Gasteiger partial charge < -0.3 is 9.64 Å². The summed E-state index contributed by atoms with van der Waals surface area (Å²) in [5.74, 6) is 1.97. The molecule has 1 saturated heterocycles. The molecule has 0 amide bonds. The van der Waals surface area contributed by atoms with Crippen LogP contribution >= 0.6 is 0 Å². The molecule has 1 unspecified atom stereocenters. The molecular formula is C14H21N3O. The summed E-state index contributed by atoms with van der Waals surface area (Å²) in [6.07, 6.45) is 2.94. The van der Waals surface area contributed by atoms with Gasteiger partial charge in [-0.3, -0.25) is 4.90 Å². The topological polar surface area (TPSA) is 28.6 Å². The maximum absolute atomic E-state index is 5.81. The van der Waals surface area contributed by atoms with Gasteiger partial charge in [0.05, 0.1) is 6.61 Å². The number of anilines is 1. The van der Waals surface area contributed by atoms with E-state index in [4.69, 9.17) is 4.74 Å². The molecule has 0 radical (unpaired) electrons. The summed E-state index contributed by atoms with van der Waals surface area (Å²) in [7, 11) is 0. The number of fused-ring (bicyclic) bond motifs is 3. The van der Waals surface area contributed by atoms with Gasteiger partial charge in [-0.25, -0.2) is 4.98 Å². The quantitative estimate of drug-likeness (QED) is 0.756. The Morgan fingerprint density at radius 1 is 1.39 bits per heavy atom. The van der Waals surface area contributed by atoms with Crippen molar-refractivity contribution < 1.29 is 4.74 Å². The van der Waals surface area contributed by atoms with Crippen LogP contribution in [0.2, 0.25) is 0 Å². The Balaban J connectivity index is 1.86. The van der Waals surface area contributed by atoms with Crippen LogP contribution in [0.15, 0.2) is 18.3 Å². The van der Waals surface area contributed by atoms with Crippen LogP contribution in [0.3, 0.4) is 0 Å². The van der Waals surface area contributed by atoms with E-state index in [9.17, 15) is 0 Å². The highest BCUT2D eigenvalue weighted by atomic mass is 16.5. The smallest absolute Gasteiger partial charge is 0.171 e. The molecule has 98 valence electrons. The van der Waals surface area contributed by atoms with E-state index in [-0.39, 0.29) is 0 Å². The summed E-state index contributed by atoms with van der Waals surface area (Å²) >= 11 is 0. The summed E-state index contributed by atoms with van der Waals surface area (Å²) in [5, 5.41) is 0. The van der Waals surface area contributed by atoms with Gasteiger partial charge in [-0.05, 0) is 26.0 Å². The van der Waals surface area contributed by atoms with Crippen molar-refractivity contribution in [3.63, 3.8) is 0 Å². The Labute approximate surface area is 109 Å². The molecule has 18 heavy (non-hydrogen) atoms. The molecule has 2 aliphatic heterocycles. The zero-order valence-electron chi connectivity index (χ0n) is 11.2. The fourth-order valence-corrected chi connectivity index (χ4v) is 2.89. The first-order valence-corrected chi connectivity index (χ1v) is 6.84. The van der Waals surface area contributed by atoms with Gasteiger partial charge in [-0.15, -0.1) is 0 Å². The lowest BCUT2D eigenvalue weighted by Gasteiger charge is -2.42. The molecule has 0 aliphatic carbocycles. The van der Waals surface area contributed by atoms with E-state index in [2.05, 4.69) is 28.6 Å². The molecule has 0 aromatic carbocycles. The third kappa shape index (κ3) is 2.05. The van der Waals surface area contributed by atoms with Crippen LogP contribution in [0.25, 0.3) is 0 Å². The van der Waals surface area contributed by atoms with E-state index < -0.39 is 0 Å². The monoisotopic (exact) mass is 247 g/mol. The summed E-state index contributed by atoms with van der Waals surface area (Å²) in [4.78, 5) is 9.50. The lowest BCUT2D eigenvalue weighted by Crippen LogP contribution is -2.55. The molecule has 1 atom stereocenters. The van der Waals surface area contributed by atoms with E-state index in [1.807, 2.05) is 18.3 Å². The standard InChI is InChI=1S/C14H21N3O/c1-11(2)16-7-8-17-12(10-16)5-9-18-13-4-3-6-15-14(13)17/h3-4,6,11-12H,5,7-10H2,1-2H3. The molecule has 0 N–H and O–H groups in total. The molecule has 1 fully saturated rings. The number of ether oxygens (including phenoxy) is 1. The van der Waals surface area contributed by atoms with Gasteiger partial charge in [0.1, 0.15) is 0 Å². The lowest BCUT2D eigenvalue weighted by molar-refractivity contribution is 0.172. The van der Waals surface area contributed by atoms with Crippen LogP contribution in [-0.2, 0) is 0 Å². The average molecular weight is 247 g/mol. The normalized spacial score (nSPS) is 24.2. The van der Waals surface area contributed by atoms with Gasteiger partial charge in [0, 0.05) is 44.3 Å². The Morgan fingerprint density at radius 3 is 3.11 bits per heavy atom. The number of pyridine rings is 1. The molecule has 0 spiro atoms. The van der Waals surface area contributed by atoms with E-state index >= 15 is 0 Å². The highest BCUT2D eigenvalue weighted by Crippen LogP contribution is 2.32. The molecule has 3 heterocycles. The second kappa shape index (κ2) is 4.76. The predicted octanol–water partition coefficient (Wildman–Crippen LogP) is 1.76. The largest absolute Gasteiger partial charge is 0.490 e. The third-order valence-electron chi connectivity index (χ3n) is 3.98. The summed E-state index contributed by atoms with van der Waals surface area (Å²) < 4.78 is 5.81. The van der Waals surface area contributed by atoms with Crippen LogP contribution in [0, 0.1) is 0 Å². The van der Waals surface area contributed by atoms with Crippen molar-refractivity contribution >= 4 is 5.82 Å². The molecular weight excluding hydrogens is 226 g/mol. The first kappa shape index (κ1) is 11.8. The first-order valence-electron chi connectivity index (χ1n) is 6.84. The average Bonchev–Trinajstić information content (AvgIpc) is 2.57. The second-order valence-electron chi connectivity index (χ2n) is 5.40. The van der Waals surface area contributed by atoms with Crippen molar-refractivity contribution in [3.8, 4) is 5.75 Å². The van der Waals surface area contributed by atoms with E-state index in [0.29, 0.717) is 12.1 Å². The number of aromatic nitrogens is 1. The molecule has 1 aromatic heterocycles. The van der Waals surface area contributed by atoms with E-state index in [0.717, 1.165) is 44.2 Å². The number of hydrogen-bond donors (Lipinski definition) is 0. The lowest BCUT2D eigenvalue weighted by atomic mass is 10.1. The van der Waals surface area contributed by atoms with Gasteiger partial charge in [0.15, 0.2) is 11.6 Å². The van der Waals surface area contributed by atoms with Crippen LogP contribution in [0.4, 0.5) is 5.82 Å². The molecule has 4 heteroatoms. The van der Waals surface area contributed by atoms with Crippen molar-refractivity contribution in [1.82, 2.24) is 9.88 Å². The van der Waals surface area contributed by atoms with E-state index in [1.54, 1.807) is 0 Å². The van der Waals surface area contributed by atoms with Crippen LogP contribution < -0.4 is 9.64 Å². The van der Waals surface area contributed by atoms with Gasteiger partial charge in [0.25, 0.3) is 0 Å². The van der Waals surface area contributed by atoms with E-state index in [1.165, 1.54) is 0 Å². The summed E-state index contributed by atoms with van der Waals surface area (Å²) in [6.45, 7) is 8.63. The Morgan fingerprint density at radius 2 is 2.28 bits per heavy atom. The van der Waals surface area contributed by atoms with Crippen LogP contribution in [0.5, 0.6) is 5.75 Å². The summed E-state index contributed by atoms with van der Waals surface area (Å²) in [5.41, 5.74) is 0. The zero-order valence-corrected chi connectivity index (χ0v) is 11.2. The predicted molar refractivity (Wildman–Crippen MR) is 72.2 cm³/mol. The highest BCUT2D eigenvalue weighted by Gasteiger charge is 2.32. The maximum Gasteiger partial charge on any atom is 0.171 e. The maximum atomic E-state index is 5.81. The van der Waals surface area contributed by atoms with Crippen molar-refractivity contribution in [2.75, 3.05) is 31.1 Å². The first-order chi connectivity index (χ1) is 8.75. The van der Waals surface area contributed by atoms with Crippen LogP contribution in [-0.4, -0.2) is 48.2 Å². The minimum Gasteiger partial charge on any atom is -0.490 e. The molecule has 1 aromatic rings. The number of piperazine rings is 1. The molecule has 3 rings (SSSR count). The molecule has 0 bridgehead atoms. The molecule has 2 aliphatic rings. The highest BCUT2D eigenvalue weighted by molar-refractivity contribution is 5.54. The number of rotatable bonds is 1. The van der Waals surface area contributed by atoms with Crippen molar-refractivity contribution in [3.05, 3.63) is 18.3 Å². The molecule has 4 nitrogen and oxygen atoms in total. The second-order valence-corrected chi connectivity index (χ2v) is 5.40. The van der Waals surface area contributed by atoms with Crippen LogP contribution in [0.1, 0.15) is 20.3 Å². The summed E-state index contributed by atoms with van der Waals surface area (Å²) in [6, 6.07) is 5.14. The van der Waals surface area contributed by atoms with Gasteiger partial charge in [-0.1, -0.05) is 0 Å². The fourth-order valence-electron chi connectivity index (χ4n) is 2.89. The number of hydrogen-bond acceptors (Lipinski definition) is 4. The van der Waals surface area contributed by atoms with Gasteiger partial charge >= 0.3 is 0 Å². The zero-order chi connectivity index (χ0) is 12.5. The minimum atomic E-state index is 0.539.